The third-order valence-electron chi connectivity index (χ3n) is 10.2. The summed E-state index contributed by atoms with van der Waals surface area (Å²) in [5, 5.41) is 12.2. The summed E-state index contributed by atoms with van der Waals surface area (Å²) in [6.45, 7) is 0.637. The molecule has 2 N–H and O–H groups in total. The number of rotatable bonds is 5. The highest BCUT2D eigenvalue weighted by atomic mass is 19.1. The number of para-hydroxylation sites is 3. The topological polar surface area (TPSA) is 33.9 Å². The van der Waals surface area contributed by atoms with E-state index in [2.05, 4.69) is 159 Å². The molecule has 0 amide bonds. The summed E-state index contributed by atoms with van der Waals surface area (Å²) in [6.07, 6.45) is 1.85. The van der Waals surface area contributed by atoms with Gasteiger partial charge in [0.2, 0.25) is 0 Å². The van der Waals surface area contributed by atoms with Crippen LogP contribution in [-0.4, -0.2) is 15.7 Å². The molecule has 1 aliphatic heterocycles. The summed E-state index contributed by atoms with van der Waals surface area (Å²) in [7, 11) is 0. The molecule has 5 heteroatoms. The SMILES string of the molecule is Fc1cc(C2=CCNC(n3c4ccccc4c4cc(-n5c6ccccc6c6ccccc65)ccc43)N2)cc(-c2ccc(-c3ccccc3)cc2)c1. The van der Waals surface area contributed by atoms with Crippen LogP contribution in [0, 0.1) is 5.82 Å². The van der Waals surface area contributed by atoms with Gasteiger partial charge in [-0.1, -0.05) is 109 Å². The van der Waals surface area contributed by atoms with Crippen molar-refractivity contribution in [1.82, 2.24) is 19.8 Å². The van der Waals surface area contributed by atoms with Crippen molar-refractivity contribution < 1.29 is 4.39 Å². The molecule has 244 valence electrons. The fraction of sp³-hybridized carbons (Fsp3) is 0.0435. The van der Waals surface area contributed by atoms with E-state index in [0.717, 1.165) is 50.2 Å². The van der Waals surface area contributed by atoms with Crippen LogP contribution in [0.4, 0.5) is 4.39 Å². The van der Waals surface area contributed by atoms with Crippen molar-refractivity contribution in [3.63, 3.8) is 0 Å². The first-order chi connectivity index (χ1) is 25.2. The highest BCUT2D eigenvalue weighted by Crippen LogP contribution is 2.37. The Morgan fingerprint density at radius 3 is 1.73 bits per heavy atom. The molecule has 0 spiro atoms. The van der Waals surface area contributed by atoms with Gasteiger partial charge in [0.25, 0.3) is 0 Å². The molecule has 1 atom stereocenters. The Bertz CT molecular complexity index is 2740. The molecule has 0 saturated heterocycles. The first kappa shape index (κ1) is 29.5. The second kappa shape index (κ2) is 11.9. The van der Waals surface area contributed by atoms with Crippen LogP contribution in [0.15, 0.2) is 170 Å². The standard InChI is InChI=1S/C46H33FN4/c47-35-27-33(32-20-18-31(19-21-32)30-10-2-1-3-11-30)26-34(28-35)41-24-25-48-46(49-41)51-44-17-9-6-14-39(44)40-29-36(22-23-45(40)51)50-42-15-7-4-12-37(42)38-13-5-8-16-43(38)50/h1-24,26-29,46,48-49H,25H2. The fourth-order valence-corrected chi connectivity index (χ4v) is 7.89. The van der Waals surface area contributed by atoms with Gasteiger partial charge in [0.1, 0.15) is 5.82 Å². The van der Waals surface area contributed by atoms with Crippen molar-refractivity contribution in [3.8, 4) is 27.9 Å². The van der Waals surface area contributed by atoms with Crippen LogP contribution in [0.25, 0.3) is 77.2 Å². The van der Waals surface area contributed by atoms with E-state index in [0.29, 0.717) is 6.54 Å². The average Bonchev–Trinajstić information content (AvgIpc) is 3.71. The maximum Gasteiger partial charge on any atom is 0.160 e. The lowest BCUT2D eigenvalue weighted by Gasteiger charge is -2.30. The molecule has 51 heavy (non-hydrogen) atoms. The van der Waals surface area contributed by atoms with Gasteiger partial charge in [0.15, 0.2) is 6.29 Å². The molecular weight excluding hydrogens is 628 g/mol. The quantitative estimate of drug-likeness (QED) is 0.193. The fourth-order valence-electron chi connectivity index (χ4n) is 7.89. The Balaban J connectivity index is 1.03. The Morgan fingerprint density at radius 2 is 1.02 bits per heavy atom. The molecule has 0 aliphatic carbocycles. The predicted molar refractivity (Wildman–Crippen MR) is 209 cm³/mol. The lowest BCUT2D eigenvalue weighted by molar-refractivity contribution is 0.395. The van der Waals surface area contributed by atoms with E-state index in [4.69, 9.17) is 0 Å². The first-order valence-electron chi connectivity index (χ1n) is 17.4. The molecule has 0 radical (unpaired) electrons. The predicted octanol–water partition coefficient (Wildman–Crippen LogP) is 11.1. The third kappa shape index (κ3) is 4.93. The number of hydrogen-bond donors (Lipinski definition) is 2. The van der Waals surface area contributed by atoms with E-state index in [-0.39, 0.29) is 12.1 Å². The number of nitrogens with one attached hydrogen (secondary N) is 2. The van der Waals surface area contributed by atoms with E-state index < -0.39 is 0 Å². The van der Waals surface area contributed by atoms with E-state index in [1.807, 2.05) is 18.2 Å². The summed E-state index contributed by atoms with van der Waals surface area (Å²) in [4.78, 5) is 0. The van der Waals surface area contributed by atoms with Crippen molar-refractivity contribution in [3.05, 3.63) is 181 Å². The zero-order valence-electron chi connectivity index (χ0n) is 27.7. The smallest absolute Gasteiger partial charge is 0.160 e. The van der Waals surface area contributed by atoms with Crippen molar-refractivity contribution in [2.75, 3.05) is 6.54 Å². The lowest BCUT2D eigenvalue weighted by atomic mass is 9.98. The summed E-state index contributed by atoms with van der Waals surface area (Å²) < 4.78 is 20.0. The number of nitrogens with zero attached hydrogens (tertiary/aromatic N) is 2. The van der Waals surface area contributed by atoms with Gasteiger partial charge < -0.3 is 14.5 Å². The van der Waals surface area contributed by atoms with Crippen molar-refractivity contribution in [2.24, 2.45) is 0 Å². The lowest BCUT2D eigenvalue weighted by Crippen LogP contribution is -2.41. The highest BCUT2D eigenvalue weighted by Gasteiger charge is 2.23. The normalized spacial score (nSPS) is 14.7. The van der Waals surface area contributed by atoms with Gasteiger partial charge in [0, 0.05) is 45.0 Å². The first-order valence-corrected chi connectivity index (χ1v) is 17.4. The monoisotopic (exact) mass is 660 g/mol. The molecule has 1 unspecified atom stereocenters. The van der Waals surface area contributed by atoms with Crippen molar-refractivity contribution >= 4 is 49.3 Å². The Kier molecular flexibility index (Phi) is 6.86. The molecule has 0 fully saturated rings. The molecule has 9 aromatic rings. The number of hydrogen-bond acceptors (Lipinski definition) is 2. The minimum absolute atomic E-state index is 0.247. The number of benzene rings is 7. The summed E-state index contributed by atoms with van der Waals surface area (Å²) in [5.41, 5.74) is 11.6. The largest absolute Gasteiger partial charge is 0.352 e. The average molecular weight is 661 g/mol. The summed E-state index contributed by atoms with van der Waals surface area (Å²) >= 11 is 0. The maximum atomic E-state index is 15.3. The molecule has 3 heterocycles. The van der Waals surface area contributed by atoms with Gasteiger partial charge in [0.05, 0.1) is 22.1 Å². The van der Waals surface area contributed by atoms with Crippen molar-refractivity contribution in [2.45, 2.75) is 6.29 Å². The van der Waals surface area contributed by atoms with Crippen molar-refractivity contribution in [1.29, 1.82) is 0 Å². The number of aromatic nitrogens is 2. The molecule has 10 rings (SSSR count). The van der Waals surface area contributed by atoms with Crippen LogP contribution in [0.3, 0.4) is 0 Å². The van der Waals surface area contributed by atoms with Crippen LogP contribution in [-0.2, 0) is 0 Å². The second-order valence-corrected chi connectivity index (χ2v) is 13.2. The summed E-state index contributed by atoms with van der Waals surface area (Å²) in [6, 6.07) is 56.5. The second-order valence-electron chi connectivity index (χ2n) is 13.2. The third-order valence-corrected chi connectivity index (χ3v) is 10.2. The zero-order chi connectivity index (χ0) is 33.9. The molecule has 1 aliphatic rings. The molecule has 2 aromatic heterocycles. The van der Waals surface area contributed by atoms with E-state index in [1.165, 1.54) is 32.6 Å². The molecule has 0 saturated carbocycles. The van der Waals surface area contributed by atoms with E-state index in [9.17, 15) is 0 Å². The van der Waals surface area contributed by atoms with Gasteiger partial charge in [-0.2, -0.15) is 0 Å². The van der Waals surface area contributed by atoms with E-state index in [1.54, 1.807) is 12.1 Å². The molecule has 0 bridgehead atoms. The molecular formula is C46H33FN4. The number of halogens is 1. The van der Waals surface area contributed by atoms with Crippen LogP contribution >= 0.6 is 0 Å². The van der Waals surface area contributed by atoms with Gasteiger partial charge >= 0.3 is 0 Å². The van der Waals surface area contributed by atoms with Crippen LogP contribution in [0.1, 0.15) is 11.9 Å². The Hall–Kier alpha value is -6.43. The minimum Gasteiger partial charge on any atom is -0.352 e. The minimum atomic E-state index is -0.262. The van der Waals surface area contributed by atoms with Gasteiger partial charge in [-0.15, -0.1) is 0 Å². The summed E-state index contributed by atoms with van der Waals surface area (Å²) in [5.74, 6) is -0.262. The van der Waals surface area contributed by atoms with Gasteiger partial charge in [-0.25, -0.2) is 4.39 Å². The Morgan fingerprint density at radius 1 is 0.471 bits per heavy atom. The van der Waals surface area contributed by atoms with Crippen LogP contribution in [0.2, 0.25) is 0 Å². The molecule has 7 aromatic carbocycles. The Labute approximate surface area is 294 Å². The van der Waals surface area contributed by atoms with Crippen LogP contribution < -0.4 is 10.6 Å². The zero-order valence-corrected chi connectivity index (χ0v) is 27.7. The van der Waals surface area contributed by atoms with E-state index >= 15 is 4.39 Å². The highest BCUT2D eigenvalue weighted by molar-refractivity contribution is 6.11. The molecule has 4 nitrogen and oxygen atoms in total. The number of fused-ring (bicyclic) bond motifs is 6. The van der Waals surface area contributed by atoms with Crippen LogP contribution in [0.5, 0.6) is 0 Å². The maximum absolute atomic E-state index is 15.3. The van der Waals surface area contributed by atoms with Gasteiger partial charge in [-0.3, -0.25) is 5.32 Å². The van der Waals surface area contributed by atoms with Gasteiger partial charge in [-0.05, 0) is 82.9 Å².